The van der Waals surface area contributed by atoms with Crippen molar-refractivity contribution in [3.63, 3.8) is 0 Å². The van der Waals surface area contributed by atoms with E-state index in [0.29, 0.717) is 11.3 Å². The van der Waals surface area contributed by atoms with E-state index in [9.17, 15) is 24.0 Å². The molecular weight excluding hydrogens is 488 g/mol. The van der Waals surface area contributed by atoms with E-state index in [2.05, 4.69) is 10.3 Å². The van der Waals surface area contributed by atoms with E-state index in [0.717, 1.165) is 11.3 Å². The molecule has 0 aromatic carbocycles. The summed E-state index contributed by atoms with van der Waals surface area (Å²) in [6.45, 7) is 4.41. The number of aromatic nitrogens is 1. The Hall–Kier alpha value is -2.97. The molecule has 1 fully saturated rings. The van der Waals surface area contributed by atoms with Gasteiger partial charge in [-0.25, -0.2) is 9.78 Å². The first-order valence-electron chi connectivity index (χ1n) is 10.0. The zero-order valence-corrected chi connectivity index (χ0v) is 20.5. The molecule has 2 amide bonds. The third kappa shape index (κ3) is 5.23. The lowest BCUT2D eigenvalue weighted by atomic mass is 9.98. The van der Waals surface area contributed by atoms with E-state index < -0.39 is 53.2 Å². The van der Waals surface area contributed by atoms with Crippen LogP contribution in [0, 0.1) is 5.41 Å². The van der Waals surface area contributed by atoms with Crippen LogP contribution in [0.3, 0.4) is 0 Å². The summed E-state index contributed by atoms with van der Waals surface area (Å²) >= 11 is 2.31. The fourth-order valence-electron chi connectivity index (χ4n) is 3.09. The summed E-state index contributed by atoms with van der Waals surface area (Å²) in [5.41, 5.74) is 5.07. The van der Waals surface area contributed by atoms with E-state index in [1.165, 1.54) is 29.2 Å². The number of ether oxygens (including phenoxy) is 3. The summed E-state index contributed by atoms with van der Waals surface area (Å²) in [6, 6.07) is -1.02. The lowest BCUT2D eigenvalue weighted by Crippen LogP contribution is -2.71. The van der Waals surface area contributed by atoms with Crippen molar-refractivity contribution in [2.75, 3.05) is 32.0 Å². The van der Waals surface area contributed by atoms with Gasteiger partial charge in [0.2, 0.25) is 6.79 Å². The van der Waals surface area contributed by atoms with Crippen molar-refractivity contribution in [2.45, 2.75) is 32.2 Å². The normalized spacial score (nSPS) is 19.8. The fourth-order valence-corrected chi connectivity index (χ4v) is 4.96. The average Bonchev–Trinajstić information content (AvgIpc) is 3.21. The first-order chi connectivity index (χ1) is 16.0. The van der Waals surface area contributed by atoms with E-state index in [-0.39, 0.29) is 23.1 Å². The molecule has 2 aliphatic heterocycles. The van der Waals surface area contributed by atoms with Crippen LogP contribution in [0.5, 0.6) is 0 Å². The van der Waals surface area contributed by atoms with Crippen molar-refractivity contribution < 1.29 is 38.2 Å². The SMILES string of the molecule is COCC1=C(C(=O)OCOC(=O)C(C)(C)C)N2C(=O)C(NC(=O)C(=O)c3csc(N)n3)[C@H]2SC1. The minimum atomic E-state index is -1.02. The van der Waals surface area contributed by atoms with E-state index in [1.807, 2.05) is 0 Å². The largest absolute Gasteiger partial charge is 0.427 e. The number of esters is 2. The van der Waals surface area contributed by atoms with Gasteiger partial charge in [-0.15, -0.1) is 23.1 Å². The number of carbonyl (C=O) groups is 5. The van der Waals surface area contributed by atoms with Gasteiger partial charge in [-0.2, -0.15) is 0 Å². The minimum absolute atomic E-state index is 0.0356. The number of nitrogens with zero attached hydrogens (tertiary/aromatic N) is 2. The summed E-state index contributed by atoms with van der Waals surface area (Å²) in [7, 11) is 1.44. The second-order valence-electron chi connectivity index (χ2n) is 8.38. The number of thiazole rings is 1. The lowest BCUT2D eigenvalue weighted by Gasteiger charge is -2.49. The second kappa shape index (κ2) is 10.1. The first kappa shape index (κ1) is 25.6. The number of hydrogen-bond acceptors (Lipinski definition) is 12. The van der Waals surface area contributed by atoms with Gasteiger partial charge in [0, 0.05) is 18.2 Å². The van der Waals surface area contributed by atoms with E-state index in [4.69, 9.17) is 19.9 Å². The molecule has 1 aromatic rings. The van der Waals surface area contributed by atoms with Crippen LogP contribution in [-0.4, -0.2) is 77.1 Å². The standard InChI is InChI=1S/C20H24N4O8S2/c1-20(2,3)18(29)32-8-31-17(28)12-9(5-30-4)6-33-16-11(15(27)24(12)16)23-14(26)13(25)10-7-34-19(21)22-10/h7,11,16H,5-6,8H2,1-4H3,(H2,21,22)(H,23,26)/t11?,16-/m1/s1. The molecular formula is C20H24N4O8S2. The highest BCUT2D eigenvalue weighted by Crippen LogP contribution is 2.40. The highest BCUT2D eigenvalue weighted by molar-refractivity contribution is 8.00. The smallest absolute Gasteiger partial charge is 0.358 e. The molecule has 0 radical (unpaired) electrons. The maximum absolute atomic E-state index is 12.9. The van der Waals surface area contributed by atoms with Crippen molar-refractivity contribution in [3.8, 4) is 0 Å². The minimum Gasteiger partial charge on any atom is -0.427 e. The van der Waals surface area contributed by atoms with Crippen LogP contribution in [-0.2, 0) is 33.4 Å². The number of methoxy groups -OCH3 is 1. The number of nitrogens with two attached hydrogens (primary N) is 1. The number of amides is 2. The van der Waals surface area contributed by atoms with Gasteiger partial charge in [0.15, 0.2) is 5.13 Å². The van der Waals surface area contributed by atoms with Crippen LogP contribution < -0.4 is 11.1 Å². The van der Waals surface area contributed by atoms with Gasteiger partial charge < -0.3 is 25.3 Å². The fraction of sp³-hybridized carbons (Fsp3) is 0.500. The molecule has 3 N–H and O–H groups in total. The Labute approximate surface area is 203 Å². The molecule has 0 bridgehead atoms. The molecule has 34 heavy (non-hydrogen) atoms. The van der Waals surface area contributed by atoms with Gasteiger partial charge in [0.25, 0.3) is 17.6 Å². The van der Waals surface area contributed by atoms with Gasteiger partial charge in [0.1, 0.15) is 22.8 Å². The molecule has 2 aliphatic rings. The molecule has 1 aromatic heterocycles. The summed E-state index contributed by atoms with van der Waals surface area (Å²) in [6.07, 6.45) is 0. The summed E-state index contributed by atoms with van der Waals surface area (Å²) in [5, 5.41) is 3.25. The molecule has 184 valence electrons. The van der Waals surface area contributed by atoms with Crippen LogP contribution in [0.15, 0.2) is 16.7 Å². The predicted octanol–water partition coefficient (Wildman–Crippen LogP) is 0.298. The number of β-lactam (4-membered cyclic amide) rings is 1. The molecule has 3 heterocycles. The molecule has 1 unspecified atom stereocenters. The monoisotopic (exact) mass is 512 g/mol. The van der Waals surface area contributed by atoms with Crippen LogP contribution in [0.1, 0.15) is 31.3 Å². The maximum Gasteiger partial charge on any atom is 0.358 e. The quantitative estimate of drug-likeness (QED) is 0.162. The molecule has 1 saturated heterocycles. The number of nitrogen functional groups attached to an aromatic ring is 1. The predicted molar refractivity (Wildman–Crippen MR) is 121 cm³/mol. The Morgan fingerprint density at radius 1 is 1.26 bits per heavy atom. The lowest BCUT2D eigenvalue weighted by molar-refractivity contribution is -0.173. The molecule has 14 heteroatoms. The molecule has 2 atom stereocenters. The van der Waals surface area contributed by atoms with Gasteiger partial charge in [0.05, 0.1) is 12.0 Å². The zero-order chi connectivity index (χ0) is 25.2. The Kier molecular flexibility index (Phi) is 7.63. The van der Waals surface area contributed by atoms with Crippen molar-refractivity contribution in [1.29, 1.82) is 0 Å². The number of rotatable bonds is 8. The Morgan fingerprint density at radius 2 is 1.97 bits per heavy atom. The second-order valence-corrected chi connectivity index (χ2v) is 10.4. The van der Waals surface area contributed by atoms with Crippen molar-refractivity contribution in [3.05, 3.63) is 22.3 Å². The molecule has 3 rings (SSSR count). The van der Waals surface area contributed by atoms with Gasteiger partial charge in [-0.05, 0) is 26.3 Å². The van der Waals surface area contributed by atoms with Crippen molar-refractivity contribution in [1.82, 2.24) is 15.2 Å². The van der Waals surface area contributed by atoms with E-state index >= 15 is 0 Å². The zero-order valence-electron chi connectivity index (χ0n) is 18.9. The van der Waals surface area contributed by atoms with Crippen molar-refractivity contribution in [2.24, 2.45) is 5.41 Å². The number of fused-ring (bicyclic) bond motifs is 1. The van der Waals surface area contributed by atoms with Gasteiger partial charge >= 0.3 is 11.9 Å². The summed E-state index contributed by atoms with van der Waals surface area (Å²) < 4.78 is 15.2. The first-order valence-corrected chi connectivity index (χ1v) is 11.9. The number of nitrogens with one attached hydrogen (secondary N) is 1. The highest BCUT2D eigenvalue weighted by Gasteiger charge is 2.54. The summed E-state index contributed by atoms with van der Waals surface area (Å²) in [5.74, 6) is -3.63. The number of carbonyl (C=O) groups excluding carboxylic acids is 5. The highest BCUT2D eigenvalue weighted by atomic mass is 32.2. The average molecular weight is 513 g/mol. The molecule has 0 spiro atoms. The number of ketones is 1. The molecule has 0 saturated carbocycles. The Bertz CT molecular complexity index is 1060. The third-order valence-electron chi connectivity index (χ3n) is 4.80. The third-order valence-corrected chi connectivity index (χ3v) is 6.81. The van der Waals surface area contributed by atoms with Crippen LogP contribution in [0.2, 0.25) is 0 Å². The maximum atomic E-state index is 12.9. The number of anilines is 1. The number of Topliss-reactive ketones (excluding diaryl/α,β-unsaturated/α-hetero) is 1. The molecule has 0 aliphatic carbocycles. The topological polar surface area (TPSA) is 167 Å². The van der Waals surface area contributed by atoms with Crippen molar-refractivity contribution >= 4 is 57.8 Å². The Morgan fingerprint density at radius 3 is 2.56 bits per heavy atom. The summed E-state index contributed by atoms with van der Waals surface area (Å²) in [4.78, 5) is 67.1. The van der Waals surface area contributed by atoms with E-state index in [1.54, 1.807) is 20.8 Å². The van der Waals surface area contributed by atoms with Gasteiger partial charge in [-0.1, -0.05) is 0 Å². The van der Waals surface area contributed by atoms with Gasteiger partial charge in [-0.3, -0.25) is 24.1 Å². The molecule has 12 nitrogen and oxygen atoms in total. The van der Waals surface area contributed by atoms with Crippen LogP contribution >= 0.6 is 23.1 Å². The van der Waals surface area contributed by atoms with Crippen LogP contribution in [0.4, 0.5) is 5.13 Å². The number of hydrogen-bond donors (Lipinski definition) is 2. The Balaban J connectivity index is 1.69. The van der Waals surface area contributed by atoms with Crippen LogP contribution in [0.25, 0.3) is 0 Å². The number of thioether (sulfide) groups is 1.